The van der Waals surface area contributed by atoms with Crippen LogP contribution in [0, 0.1) is 0 Å². The van der Waals surface area contributed by atoms with E-state index in [-0.39, 0.29) is 5.38 Å². The first-order valence-corrected chi connectivity index (χ1v) is 8.61. The van der Waals surface area contributed by atoms with E-state index in [1.165, 1.54) is 11.1 Å². The number of rotatable bonds is 4. The summed E-state index contributed by atoms with van der Waals surface area (Å²) >= 11 is 15.5. The van der Waals surface area contributed by atoms with Crippen molar-refractivity contribution in [2.45, 2.75) is 24.6 Å². The maximum Gasteiger partial charge on any atom is 0.0757 e. The molecule has 0 saturated heterocycles. The minimum absolute atomic E-state index is 0.00525. The van der Waals surface area contributed by atoms with E-state index < -0.39 is 0 Å². The lowest BCUT2D eigenvalue weighted by atomic mass is 9.90. The van der Waals surface area contributed by atoms with Gasteiger partial charge in [0.2, 0.25) is 0 Å². The molecule has 0 aliphatic rings. The van der Waals surface area contributed by atoms with Gasteiger partial charge in [-0.15, -0.1) is 22.9 Å². The van der Waals surface area contributed by atoms with Crippen molar-refractivity contribution in [3.63, 3.8) is 0 Å². The van der Waals surface area contributed by atoms with Crippen LogP contribution in [0.15, 0.2) is 44.0 Å². The largest absolute Gasteiger partial charge is 0.121 e. The molecule has 4 heteroatoms. The van der Waals surface area contributed by atoms with Crippen LogP contribution in [0.25, 0.3) is 0 Å². The Morgan fingerprint density at radius 2 is 1.89 bits per heavy atom. The van der Waals surface area contributed by atoms with Crippen LogP contribution in [0.2, 0.25) is 0 Å². The number of hydrogen-bond acceptors (Lipinski definition) is 1. The van der Waals surface area contributed by atoms with E-state index in [1.54, 1.807) is 11.3 Å². The first-order valence-electron chi connectivity index (χ1n) is 5.77. The molecule has 2 unspecified atom stereocenters. The Bertz CT molecular complexity index is 510. The molecule has 0 spiro atoms. The van der Waals surface area contributed by atoms with Crippen molar-refractivity contribution in [1.29, 1.82) is 0 Å². The van der Waals surface area contributed by atoms with Crippen LogP contribution in [0.5, 0.6) is 0 Å². The predicted octanol–water partition coefficient (Wildman–Crippen LogP) is 6.75. The van der Waals surface area contributed by atoms with Crippen LogP contribution in [0.1, 0.15) is 35.8 Å². The monoisotopic (exact) mass is 406 g/mol. The van der Waals surface area contributed by atoms with Crippen molar-refractivity contribution >= 4 is 54.8 Å². The van der Waals surface area contributed by atoms with E-state index >= 15 is 0 Å². The Balaban J connectivity index is 2.31. The first kappa shape index (κ1) is 14.6. The molecule has 1 heterocycles. The van der Waals surface area contributed by atoms with Crippen LogP contribution < -0.4 is 0 Å². The summed E-state index contributed by atoms with van der Waals surface area (Å²) in [5.41, 5.74) is 2.47. The van der Waals surface area contributed by atoms with Gasteiger partial charge < -0.3 is 0 Å². The van der Waals surface area contributed by atoms with Crippen molar-refractivity contribution in [3.05, 3.63) is 55.1 Å². The maximum atomic E-state index is 6.68. The molecular weight excluding hydrogens is 395 g/mol. The van der Waals surface area contributed by atoms with Crippen LogP contribution in [0.3, 0.4) is 0 Å². The lowest BCUT2D eigenvalue weighted by Gasteiger charge is -2.21. The molecule has 1 aromatic heterocycles. The summed E-state index contributed by atoms with van der Waals surface area (Å²) in [5.74, 6) is 0.339. The van der Waals surface area contributed by atoms with E-state index in [2.05, 4.69) is 69.1 Å². The summed E-state index contributed by atoms with van der Waals surface area (Å²) in [5, 5.41) is -0.00525. The summed E-state index contributed by atoms with van der Waals surface area (Å²) in [6.45, 7) is 2.18. The van der Waals surface area contributed by atoms with Crippen molar-refractivity contribution in [2.75, 3.05) is 0 Å². The fourth-order valence-electron chi connectivity index (χ4n) is 2.07. The summed E-state index contributed by atoms with van der Waals surface area (Å²) in [6.07, 6.45) is 1.03. The molecule has 0 bridgehead atoms. The highest BCUT2D eigenvalue weighted by Crippen LogP contribution is 2.45. The zero-order valence-electron chi connectivity index (χ0n) is 9.87. The molecule has 0 saturated carbocycles. The summed E-state index contributed by atoms with van der Waals surface area (Å²) in [7, 11) is 0. The van der Waals surface area contributed by atoms with Crippen LogP contribution in [0.4, 0.5) is 0 Å². The Morgan fingerprint density at radius 1 is 1.22 bits per heavy atom. The van der Waals surface area contributed by atoms with Gasteiger partial charge in [0, 0.05) is 5.92 Å². The van der Waals surface area contributed by atoms with Crippen molar-refractivity contribution in [1.82, 2.24) is 0 Å². The van der Waals surface area contributed by atoms with Gasteiger partial charge in [-0.3, -0.25) is 0 Å². The minimum Gasteiger partial charge on any atom is -0.121 e. The topological polar surface area (TPSA) is 0 Å². The number of alkyl halides is 1. The van der Waals surface area contributed by atoms with E-state index in [0.717, 1.165) is 14.0 Å². The first-order chi connectivity index (χ1) is 8.63. The number of hydrogen-bond donors (Lipinski definition) is 0. The van der Waals surface area contributed by atoms with Crippen LogP contribution in [-0.4, -0.2) is 0 Å². The van der Waals surface area contributed by atoms with E-state index in [9.17, 15) is 0 Å². The molecule has 0 amide bonds. The lowest BCUT2D eigenvalue weighted by Crippen LogP contribution is -2.05. The Morgan fingerprint density at radius 3 is 2.39 bits per heavy atom. The minimum atomic E-state index is -0.00525. The molecule has 0 N–H and O–H groups in total. The molecule has 96 valence electrons. The molecule has 0 aliphatic heterocycles. The average molecular weight is 409 g/mol. The van der Waals surface area contributed by atoms with Gasteiger partial charge in [0.05, 0.1) is 12.9 Å². The van der Waals surface area contributed by atoms with E-state index in [4.69, 9.17) is 11.6 Å². The second-order valence-electron chi connectivity index (χ2n) is 4.11. The predicted molar refractivity (Wildman–Crippen MR) is 87.8 cm³/mol. The Labute approximate surface area is 134 Å². The second-order valence-corrected chi connectivity index (χ2v) is 8.33. The normalized spacial score (nSPS) is 14.4. The fraction of sp³-hybridized carbons (Fsp3) is 0.286. The van der Waals surface area contributed by atoms with Gasteiger partial charge in [-0.25, -0.2) is 0 Å². The SMILES string of the molecule is CCC(c1ccccc1)C(Cl)c1cc(Br)sc1Br. The van der Waals surface area contributed by atoms with Gasteiger partial charge in [0.25, 0.3) is 0 Å². The maximum absolute atomic E-state index is 6.68. The Kier molecular flexibility index (Phi) is 5.31. The molecule has 2 atom stereocenters. The third kappa shape index (κ3) is 3.19. The lowest BCUT2D eigenvalue weighted by molar-refractivity contribution is 0.640. The second kappa shape index (κ2) is 6.56. The molecule has 2 aromatic rings. The highest BCUT2D eigenvalue weighted by molar-refractivity contribution is 9.12. The quantitative estimate of drug-likeness (QED) is 0.491. The molecule has 0 fully saturated rings. The summed E-state index contributed by atoms with van der Waals surface area (Å²) < 4.78 is 2.22. The third-order valence-corrected chi connectivity index (χ3v) is 5.93. The van der Waals surface area contributed by atoms with Crippen molar-refractivity contribution in [3.8, 4) is 0 Å². The Hall–Kier alpha value is 0.170. The van der Waals surface area contributed by atoms with Gasteiger partial charge in [0.1, 0.15) is 0 Å². The number of thiophene rings is 1. The van der Waals surface area contributed by atoms with Gasteiger partial charge >= 0.3 is 0 Å². The number of benzene rings is 1. The van der Waals surface area contributed by atoms with Gasteiger partial charge in [0.15, 0.2) is 0 Å². The summed E-state index contributed by atoms with van der Waals surface area (Å²) in [4.78, 5) is 0. The van der Waals surface area contributed by atoms with Crippen LogP contribution in [-0.2, 0) is 0 Å². The highest BCUT2D eigenvalue weighted by atomic mass is 79.9. The zero-order chi connectivity index (χ0) is 13.1. The molecule has 18 heavy (non-hydrogen) atoms. The molecule has 1 aromatic carbocycles. The number of halogens is 3. The summed E-state index contributed by atoms with van der Waals surface area (Å²) in [6, 6.07) is 12.6. The van der Waals surface area contributed by atoms with E-state index in [0.29, 0.717) is 5.92 Å². The highest BCUT2D eigenvalue weighted by Gasteiger charge is 2.24. The van der Waals surface area contributed by atoms with Crippen molar-refractivity contribution < 1.29 is 0 Å². The third-order valence-electron chi connectivity index (χ3n) is 3.00. The van der Waals surface area contributed by atoms with Gasteiger partial charge in [-0.1, -0.05) is 37.3 Å². The zero-order valence-corrected chi connectivity index (χ0v) is 14.6. The van der Waals surface area contributed by atoms with Crippen molar-refractivity contribution in [2.24, 2.45) is 0 Å². The fourth-order valence-corrected chi connectivity index (χ4v) is 5.69. The molecular formula is C14H13Br2ClS. The van der Waals surface area contributed by atoms with Gasteiger partial charge in [-0.2, -0.15) is 0 Å². The molecule has 2 rings (SSSR count). The van der Waals surface area contributed by atoms with E-state index in [1.807, 2.05) is 6.07 Å². The van der Waals surface area contributed by atoms with Crippen LogP contribution >= 0.6 is 54.8 Å². The molecule has 0 nitrogen and oxygen atoms in total. The molecule has 0 radical (unpaired) electrons. The van der Waals surface area contributed by atoms with Gasteiger partial charge in [-0.05, 0) is 55.5 Å². The molecule has 0 aliphatic carbocycles. The smallest absolute Gasteiger partial charge is 0.0757 e. The standard InChI is InChI=1S/C14H13Br2ClS/c1-2-10(9-6-4-3-5-7-9)13(17)11-8-12(15)18-14(11)16/h3-8,10,13H,2H2,1H3. The average Bonchev–Trinajstić information content (AvgIpc) is 2.70.